The Kier molecular flexibility index (Phi) is 6.36. The summed E-state index contributed by atoms with van der Waals surface area (Å²) >= 11 is 6.00. The van der Waals surface area contributed by atoms with Gasteiger partial charge in [0, 0.05) is 11.6 Å². The molecule has 0 radical (unpaired) electrons. The molecule has 1 aliphatic rings. The van der Waals surface area contributed by atoms with Crippen molar-refractivity contribution in [2.45, 2.75) is 37.0 Å². The van der Waals surface area contributed by atoms with E-state index in [2.05, 4.69) is 10.0 Å². The highest BCUT2D eigenvalue weighted by molar-refractivity contribution is 7.90. The standard InChI is InChI=1S/C20H21ClN2O4S/c21-18-9-5-4-8-17(18)20(25)22-15-10-12-16(13-11-15)28(26,27)23-19(24)14-6-2-1-3-7-14/h4-5,8-14H,1-3,6-7H2,(H,22,25)(H,23,24). The summed E-state index contributed by atoms with van der Waals surface area (Å²) in [6.07, 6.45) is 4.40. The third-order valence-corrected chi connectivity index (χ3v) is 6.44. The highest BCUT2D eigenvalue weighted by Gasteiger charge is 2.26. The Labute approximate surface area is 169 Å². The zero-order valence-electron chi connectivity index (χ0n) is 15.2. The van der Waals surface area contributed by atoms with Crippen molar-refractivity contribution in [1.82, 2.24) is 4.72 Å². The van der Waals surface area contributed by atoms with Crippen LogP contribution in [-0.2, 0) is 14.8 Å². The van der Waals surface area contributed by atoms with Crippen LogP contribution in [0.25, 0.3) is 0 Å². The van der Waals surface area contributed by atoms with Gasteiger partial charge in [0.1, 0.15) is 0 Å². The molecular weight excluding hydrogens is 400 g/mol. The third-order valence-electron chi connectivity index (χ3n) is 4.75. The predicted octanol–water partition coefficient (Wildman–Crippen LogP) is 3.98. The molecule has 2 aromatic carbocycles. The highest BCUT2D eigenvalue weighted by Crippen LogP contribution is 2.24. The number of carbonyl (C=O) groups excluding carboxylic acids is 2. The quantitative estimate of drug-likeness (QED) is 0.765. The molecule has 1 aliphatic carbocycles. The number of sulfonamides is 1. The highest BCUT2D eigenvalue weighted by atomic mass is 35.5. The molecule has 1 fully saturated rings. The number of benzene rings is 2. The van der Waals surface area contributed by atoms with Crippen molar-refractivity contribution in [1.29, 1.82) is 0 Å². The zero-order valence-corrected chi connectivity index (χ0v) is 16.7. The molecule has 0 spiro atoms. The number of hydrogen-bond donors (Lipinski definition) is 2. The SMILES string of the molecule is O=C(Nc1ccc(S(=O)(=O)NC(=O)C2CCCCC2)cc1)c1ccccc1Cl. The fourth-order valence-corrected chi connectivity index (χ4v) is 4.47. The summed E-state index contributed by atoms with van der Waals surface area (Å²) in [5.41, 5.74) is 0.739. The molecule has 0 aliphatic heterocycles. The fraction of sp³-hybridized carbons (Fsp3) is 0.300. The molecule has 6 nitrogen and oxygen atoms in total. The Balaban J connectivity index is 1.66. The zero-order chi connectivity index (χ0) is 20.1. The second-order valence-corrected chi connectivity index (χ2v) is 8.85. The van der Waals surface area contributed by atoms with E-state index in [0.29, 0.717) is 29.1 Å². The van der Waals surface area contributed by atoms with Gasteiger partial charge in [-0.1, -0.05) is 43.0 Å². The summed E-state index contributed by atoms with van der Waals surface area (Å²) in [4.78, 5) is 24.5. The van der Waals surface area contributed by atoms with E-state index in [1.807, 2.05) is 0 Å². The summed E-state index contributed by atoms with van der Waals surface area (Å²) in [5, 5.41) is 2.99. The van der Waals surface area contributed by atoms with Gasteiger partial charge in [0.15, 0.2) is 0 Å². The van der Waals surface area contributed by atoms with E-state index >= 15 is 0 Å². The lowest BCUT2D eigenvalue weighted by Crippen LogP contribution is -2.36. The lowest BCUT2D eigenvalue weighted by atomic mass is 9.89. The minimum Gasteiger partial charge on any atom is -0.322 e. The number of amides is 2. The molecule has 2 amide bonds. The van der Waals surface area contributed by atoms with E-state index in [1.165, 1.54) is 24.3 Å². The molecule has 8 heteroatoms. The van der Waals surface area contributed by atoms with Gasteiger partial charge < -0.3 is 5.32 Å². The number of hydrogen-bond acceptors (Lipinski definition) is 4. The van der Waals surface area contributed by atoms with Crippen molar-refractivity contribution >= 4 is 39.1 Å². The predicted molar refractivity (Wildman–Crippen MR) is 108 cm³/mol. The second-order valence-electron chi connectivity index (χ2n) is 6.76. The van der Waals surface area contributed by atoms with Crippen molar-refractivity contribution in [3.63, 3.8) is 0 Å². The molecule has 1 saturated carbocycles. The first-order valence-electron chi connectivity index (χ1n) is 9.09. The number of halogens is 1. The Hall–Kier alpha value is -2.38. The molecule has 0 heterocycles. The molecule has 0 saturated heterocycles. The molecule has 0 unspecified atom stereocenters. The normalized spacial score (nSPS) is 15.0. The number of carbonyl (C=O) groups is 2. The molecule has 148 valence electrons. The molecular formula is C20H21ClN2O4S. The van der Waals surface area contributed by atoms with Crippen molar-refractivity contribution < 1.29 is 18.0 Å². The summed E-state index contributed by atoms with van der Waals surface area (Å²) in [6.45, 7) is 0. The monoisotopic (exact) mass is 420 g/mol. The van der Waals surface area contributed by atoms with Gasteiger partial charge in [0.05, 0.1) is 15.5 Å². The Morgan fingerprint density at radius 2 is 1.57 bits per heavy atom. The number of rotatable bonds is 5. The average molecular weight is 421 g/mol. The van der Waals surface area contributed by atoms with Crippen molar-refractivity contribution in [2.24, 2.45) is 5.92 Å². The van der Waals surface area contributed by atoms with Crippen LogP contribution in [-0.4, -0.2) is 20.2 Å². The van der Waals surface area contributed by atoms with Crippen LogP contribution in [0.5, 0.6) is 0 Å². The Morgan fingerprint density at radius 1 is 0.929 bits per heavy atom. The van der Waals surface area contributed by atoms with Gasteiger partial charge in [0.25, 0.3) is 15.9 Å². The summed E-state index contributed by atoms with van der Waals surface area (Å²) in [6, 6.07) is 12.3. The van der Waals surface area contributed by atoms with E-state index in [-0.39, 0.29) is 10.8 Å². The van der Waals surface area contributed by atoms with Gasteiger partial charge in [-0.25, -0.2) is 13.1 Å². The molecule has 3 rings (SSSR count). The van der Waals surface area contributed by atoms with E-state index < -0.39 is 21.8 Å². The van der Waals surface area contributed by atoms with Crippen LogP contribution in [0.2, 0.25) is 5.02 Å². The van der Waals surface area contributed by atoms with Crippen LogP contribution in [0.4, 0.5) is 5.69 Å². The maximum Gasteiger partial charge on any atom is 0.264 e. The maximum atomic E-state index is 12.4. The van der Waals surface area contributed by atoms with Crippen LogP contribution < -0.4 is 10.0 Å². The van der Waals surface area contributed by atoms with Crippen molar-refractivity contribution in [3.8, 4) is 0 Å². The van der Waals surface area contributed by atoms with Crippen LogP contribution >= 0.6 is 11.6 Å². The smallest absolute Gasteiger partial charge is 0.264 e. The maximum absolute atomic E-state index is 12.4. The number of nitrogens with one attached hydrogen (secondary N) is 2. The van der Waals surface area contributed by atoms with Gasteiger partial charge >= 0.3 is 0 Å². The van der Waals surface area contributed by atoms with Crippen molar-refractivity contribution in [2.75, 3.05) is 5.32 Å². The van der Waals surface area contributed by atoms with Crippen LogP contribution in [0, 0.1) is 5.92 Å². The molecule has 0 aromatic heterocycles. The van der Waals surface area contributed by atoms with E-state index in [0.717, 1.165) is 19.3 Å². The first-order valence-corrected chi connectivity index (χ1v) is 11.0. The van der Waals surface area contributed by atoms with Gasteiger partial charge in [-0.3, -0.25) is 9.59 Å². The Bertz CT molecular complexity index is 968. The number of anilines is 1. The van der Waals surface area contributed by atoms with E-state index in [4.69, 9.17) is 11.6 Å². The molecule has 0 bridgehead atoms. The fourth-order valence-electron chi connectivity index (χ4n) is 3.20. The molecule has 2 aromatic rings. The summed E-state index contributed by atoms with van der Waals surface area (Å²) in [7, 11) is -3.95. The molecule has 0 atom stereocenters. The summed E-state index contributed by atoms with van der Waals surface area (Å²) in [5.74, 6) is -1.10. The second kappa shape index (κ2) is 8.75. The Morgan fingerprint density at radius 3 is 2.21 bits per heavy atom. The van der Waals surface area contributed by atoms with Crippen LogP contribution in [0.1, 0.15) is 42.5 Å². The van der Waals surface area contributed by atoms with Crippen LogP contribution in [0.3, 0.4) is 0 Å². The van der Waals surface area contributed by atoms with Gasteiger partial charge in [-0.15, -0.1) is 0 Å². The summed E-state index contributed by atoms with van der Waals surface area (Å²) < 4.78 is 27.1. The first-order chi connectivity index (χ1) is 13.4. The molecule has 2 N–H and O–H groups in total. The average Bonchev–Trinajstić information content (AvgIpc) is 2.69. The van der Waals surface area contributed by atoms with Crippen molar-refractivity contribution in [3.05, 3.63) is 59.1 Å². The van der Waals surface area contributed by atoms with Gasteiger partial charge in [0.2, 0.25) is 5.91 Å². The minimum atomic E-state index is -3.95. The van der Waals surface area contributed by atoms with Gasteiger partial charge in [-0.05, 0) is 49.2 Å². The van der Waals surface area contributed by atoms with E-state index in [1.54, 1.807) is 24.3 Å². The van der Waals surface area contributed by atoms with Gasteiger partial charge in [-0.2, -0.15) is 0 Å². The van der Waals surface area contributed by atoms with Crippen LogP contribution in [0.15, 0.2) is 53.4 Å². The third kappa shape index (κ3) is 4.91. The lowest BCUT2D eigenvalue weighted by molar-refractivity contribution is -0.124. The lowest BCUT2D eigenvalue weighted by Gasteiger charge is -2.20. The molecule has 28 heavy (non-hydrogen) atoms. The van der Waals surface area contributed by atoms with E-state index in [9.17, 15) is 18.0 Å². The minimum absolute atomic E-state index is 0.0348. The topological polar surface area (TPSA) is 92.3 Å². The largest absolute Gasteiger partial charge is 0.322 e. The first kappa shape index (κ1) is 20.4.